The van der Waals surface area contributed by atoms with Crippen molar-refractivity contribution < 1.29 is 9.18 Å². The van der Waals surface area contributed by atoms with E-state index in [0.29, 0.717) is 16.6 Å². The molecule has 2 aromatic rings. The monoisotopic (exact) mass is 347 g/mol. The van der Waals surface area contributed by atoms with E-state index in [1.807, 2.05) is 13.1 Å². The van der Waals surface area contributed by atoms with Crippen LogP contribution in [0.3, 0.4) is 0 Å². The zero-order valence-electron chi connectivity index (χ0n) is 13.7. The zero-order valence-corrected chi connectivity index (χ0v) is 14.5. The highest BCUT2D eigenvalue weighted by molar-refractivity contribution is 7.15. The van der Waals surface area contributed by atoms with Crippen molar-refractivity contribution in [1.82, 2.24) is 10.3 Å². The molecule has 0 saturated carbocycles. The van der Waals surface area contributed by atoms with Gasteiger partial charge in [-0.15, -0.1) is 11.3 Å². The summed E-state index contributed by atoms with van der Waals surface area (Å²) >= 11 is 1.55. The molecule has 1 atom stereocenters. The molecule has 0 spiro atoms. The molecule has 2 N–H and O–H groups in total. The third kappa shape index (κ3) is 4.19. The van der Waals surface area contributed by atoms with Gasteiger partial charge in [-0.05, 0) is 49.4 Å². The highest BCUT2D eigenvalue weighted by Crippen LogP contribution is 2.32. The molecule has 1 aromatic carbocycles. The summed E-state index contributed by atoms with van der Waals surface area (Å²) in [4.78, 5) is 17.8. The first-order valence-corrected chi connectivity index (χ1v) is 9.16. The first kappa shape index (κ1) is 17.0. The quantitative estimate of drug-likeness (QED) is 0.863. The number of carbonyl (C=O) groups is 1. The van der Waals surface area contributed by atoms with E-state index < -0.39 is 0 Å². The van der Waals surface area contributed by atoms with Crippen LogP contribution in [-0.4, -0.2) is 24.0 Å². The SMILES string of the molecule is CC(CC(=O)Nc1ncc(C2CCNCC2)s1)c1ccccc1F. The average Bonchev–Trinajstić information content (AvgIpc) is 3.04. The Morgan fingerprint density at radius 1 is 1.42 bits per heavy atom. The molecule has 1 aliphatic rings. The van der Waals surface area contributed by atoms with Crippen LogP contribution in [0, 0.1) is 5.82 Å². The average molecular weight is 347 g/mol. The molecule has 2 heterocycles. The maximum absolute atomic E-state index is 13.8. The number of nitrogens with one attached hydrogen (secondary N) is 2. The fourth-order valence-corrected chi connectivity index (χ4v) is 4.07. The van der Waals surface area contributed by atoms with Gasteiger partial charge < -0.3 is 10.6 Å². The van der Waals surface area contributed by atoms with Crippen LogP contribution in [0.1, 0.15) is 48.5 Å². The van der Waals surface area contributed by atoms with Crippen LogP contribution in [0.15, 0.2) is 30.5 Å². The van der Waals surface area contributed by atoms with Crippen molar-refractivity contribution in [2.45, 2.75) is 38.0 Å². The number of hydrogen-bond acceptors (Lipinski definition) is 4. The number of hydrogen-bond donors (Lipinski definition) is 2. The normalized spacial score (nSPS) is 16.8. The van der Waals surface area contributed by atoms with Gasteiger partial charge in [-0.25, -0.2) is 9.37 Å². The number of carbonyl (C=O) groups excluding carboxylic acids is 1. The Morgan fingerprint density at radius 3 is 2.92 bits per heavy atom. The molecular weight excluding hydrogens is 325 g/mol. The smallest absolute Gasteiger partial charge is 0.226 e. The summed E-state index contributed by atoms with van der Waals surface area (Å²) in [7, 11) is 0. The molecule has 3 rings (SSSR count). The lowest BCUT2D eigenvalue weighted by atomic mass is 9.97. The second-order valence-electron chi connectivity index (χ2n) is 6.27. The van der Waals surface area contributed by atoms with Crippen LogP contribution in [0.25, 0.3) is 0 Å². The Labute approximate surface area is 145 Å². The maximum atomic E-state index is 13.8. The van der Waals surface area contributed by atoms with Crippen molar-refractivity contribution in [2.24, 2.45) is 0 Å². The van der Waals surface area contributed by atoms with Gasteiger partial charge >= 0.3 is 0 Å². The second-order valence-corrected chi connectivity index (χ2v) is 7.33. The van der Waals surface area contributed by atoms with E-state index in [1.54, 1.807) is 29.5 Å². The number of nitrogens with zero attached hydrogens (tertiary/aromatic N) is 1. The molecule has 0 aliphatic carbocycles. The lowest BCUT2D eigenvalue weighted by Crippen LogP contribution is -2.26. The minimum absolute atomic E-state index is 0.128. The van der Waals surface area contributed by atoms with Crippen molar-refractivity contribution in [2.75, 3.05) is 18.4 Å². The van der Waals surface area contributed by atoms with Crippen LogP contribution in [0.4, 0.5) is 9.52 Å². The van der Waals surface area contributed by atoms with E-state index in [4.69, 9.17) is 0 Å². The van der Waals surface area contributed by atoms with Gasteiger partial charge in [0.05, 0.1) is 0 Å². The molecule has 4 nitrogen and oxygen atoms in total. The Bertz CT molecular complexity index is 697. The first-order chi connectivity index (χ1) is 11.6. The van der Waals surface area contributed by atoms with Gasteiger partial charge in [-0.1, -0.05) is 25.1 Å². The third-order valence-electron chi connectivity index (χ3n) is 4.44. The summed E-state index contributed by atoms with van der Waals surface area (Å²) in [5.74, 6) is -0.0287. The van der Waals surface area contributed by atoms with Crippen LogP contribution in [0.2, 0.25) is 0 Å². The molecule has 1 aliphatic heterocycles. The van der Waals surface area contributed by atoms with E-state index in [2.05, 4.69) is 15.6 Å². The highest BCUT2D eigenvalue weighted by Gasteiger charge is 2.19. The number of piperidine rings is 1. The number of anilines is 1. The summed E-state index contributed by atoms with van der Waals surface area (Å²) in [6, 6.07) is 6.60. The van der Waals surface area contributed by atoms with Crippen molar-refractivity contribution >= 4 is 22.4 Å². The molecule has 128 valence electrons. The van der Waals surface area contributed by atoms with Crippen molar-refractivity contribution in [3.05, 3.63) is 46.7 Å². The molecule has 1 amide bonds. The summed E-state index contributed by atoms with van der Waals surface area (Å²) in [5, 5.41) is 6.83. The van der Waals surface area contributed by atoms with Crippen molar-refractivity contribution in [1.29, 1.82) is 0 Å². The largest absolute Gasteiger partial charge is 0.317 e. The molecule has 0 radical (unpaired) electrons. The van der Waals surface area contributed by atoms with Gasteiger partial charge in [0.15, 0.2) is 5.13 Å². The minimum atomic E-state index is -0.264. The van der Waals surface area contributed by atoms with Gasteiger partial charge in [0.1, 0.15) is 5.82 Å². The van der Waals surface area contributed by atoms with E-state index in [1.165, 1.54) is 10.9 Å². The Morgan fingerprint density at radius 2 is 2.17 bits per heavy atom. The van der Waals surface area contributed by atoms with Gasteiger partial charge in [0.2, 0.25) is 5.91 Å². The van der Waals surface area contributed by atoms with E-state index in [0.717, 1.165) is 25.9 Å². The van der Waals surface area contributed by atoms with Gasteiger partial charge in [0, 0.05) is 17.5 Å². The highest BCUT2D eigenvalue weighted by atomic mass is 32.1. The van der Waals surface area contributed by atoms with Crippen molar-refractivity contribution in [3.63, 3.8) is 0 Å². The van der Waals surface area contributed by atoms with E-state index in [-0.39, 0.29) is 24.1 Å². The van der Waals surface area contributed by atoms with Gasteiger partial charge in [-0.3, -0.25) is 4.79 Å². The molecular formula is C18H22FN3OS. The standard InChI is InChI=1S/C18H22FN3OS/c1-12(14-4-2-3-5-15(14)19)10-17(23)22-18-21-11-16(24-18)13-6-8-20-9-7-13/h2-5,11-13,20H,6-10H2,1H3,(H,21,22,23). The Balaban J connectivity index is 1.57. The number of thiazole rings is 1. The molecule has 1 fully saturated rings. The number of amides is 1. The molecule has 1 aromatic heterocycles. The summed E-state index contributed by atoms with van der Waals surface area (Å²) in [6.07, 6.45) is 4.33. The maximum Gasteiger partial charge on any atom is 0.226 e. The minimum Gasteiger partial charge on any atom is -0.317 e. The lowest BCUT2D eigenvalue weighted by Gasteiger charge is -2.20. The predicted molar refractivity (Wildman–Crippen MR) is 95.0 cm³/mol. The Kier molecular flexibility index (Phi) is 5.58. The Hall–Kier alpha value is -1.79. The zero-order chi connectivity index (χ0) is 16.9. The molecule has 6 heteroatoms. The summed E-state index contributed by atoms with van der Waals surface area (Å²) in [5.41, 5.74) is 0.571. The van der Waals surface area contributed by atoms with Gasteiger partial charge in [-0.2, -0.15) is 0 Å². The van der Waals surface area contributed by atoms with Crippen molar-refractivity contribution in [3.8, 4) is 0 Å². The van der Waals surface area contributed by atoms with Crippen LogP contribution < -0.4 is 10.6 Å². The second kappa shape index (κ2) is 7.85. The fourth-order valence-electron chi connectivity index (χ4n) is 3.07. The van der Waals surface area contributed by atoms with E-state index >= 15 is 0 Å². The van der Waals surface area contributed by atoms with Crippen LogP contribution in [0.5, 0.6) is 0 Å². The number of aromatic nitrogens is 1. The molecule has 1 saturated heterocycles. The molecule has 0 bridgehead atoms. The lowest BCUT2D eigenvalue weighted by molar-refractivity contribution is -0.116. The number of rotatable bonds is 5. The predicted octanol–water partition coefficient (Wildman–Crippen LogP) is 3.88. The molecule has 1 unspecified atom stereocenters. The number of benzene rings is 1. The number of halogens is 1. The molecule has 24 heavy (non-hydrogen) atoms. The third-order valence-corrected chi connectivity index (χ3v) is 5.51. The van der Waals surface area contributed by atoms with E-state index in [9.17, 15) is 9.18 Å². The summed E-state index contributed by atoms with van der Waals surface area (Å²) < 4.78 is 13.8. The topological polar surface area (TPSA) is 54.0 Å². The van der Waals surface area contributed by atoms with Crippen LogP contribution >= 0.6 is 11.3 Å². The van der Waals surface area contributed by atoms with Gasteiger partial charge in [0.25, 0.3) is 0 Å². The fraction of sp³-hybridized carbons (Fsp3) is 0.444. The van der Waals surface area contributed by atoms with Crippen LogP contribution in [-0.2, 0) is 4.79 Å². The first-order valence-electron chi connectivity index (χ1n) is 8.34. The summed E-state index contributed by atoms with van der Waals surface area (Å²) in [6.45, 7) is 3.93.